The standard InChI is InChI=1S/C25H24N4O4/c1-28(2)20-9-5-7-16-18(12-29(23(16)20)11-14(31)13-30)22-21(24(32)27-25(22)33)17-10-26-19-8-4-3-6-15(17)19/h3-10,12,14,26,30-31H,11,13H2,1-2H3,(H,27,32,33). The van der Waals surface area contributed by atoms with E-state index < -0.39 is 17.9 Å². The lowest BCUT2D eigenvalue weighted by Crippen LogP contribution is -2.22. The highest BCUT2D eigenvalue weighted by molar-refractivity contribution is 6.50. The molecule has 0 radical (unpaired) electrons. The summed E-state index contributed by atoms with van der Waals surface area (Å²) >= 11 is 0. The number of para-hydroxylation sites is 2. The first-order chi connectivity index (χ1) is 15.9. The summed E-state index contributed by atoms with van der Waals surface area (Å²) in [6.45, 7) is -0.246. The van der Waals surface area contributed by atoms with Gasteiger partial charge in [-0.3, -0.25) is 14.9 Å². The highest BCUT2D eigenvalue weighted by Crippen LogP contribution is 2.40. The van der Waals surface area contributed by atoms with Gasteiger partial charge in [-0.1, -0.05) is 30.3 Å². The molecule has 1 atom stereocenters. The fraction of sp³-hybridized carbons (Fsp3) is 0.200. The maximum atomic E-state index is 13.1. The van der Waals surface area contributed by atoms with Crippen molar-refractivity contribution in [2.45, 2.75) is 12.6 Å². The molecule has 1 unspecified atom stereocenters. The Morgan fingerprint density at radius 2 is 1.67 bits per heavy atom. The Morgan fingerprint density at radius 1 is 0.970 bits per heavy atom. The first-order valence-corrected chi connectivity index (χ1v) is 10.7. The van der Waals surface area contributed by atoms with E-state index in [1.54, 1.807) is 12.4 Å². The lowest BCUT2D eigenvalue weighted by Gasteiger charge is -2.17. The molecule has 0 bridgehead atoms. The number of aromatic amines is 1. The van der Waals surface area contributed by atoms with E-state index in [2.05, 4.69) is 10.3 Å². The van der Waals surface area contributed by atoms with Crippen LogP contribution in [0.15, 0.2) is 54.9 Å². The minimum Gasteiger partial charge on any atom is -0.394 e. The summed E-state index contributed by atoms with van der Waals surface area (Å²) in [4.78, 5) is 31.2. The number of nitrogens with one attached hydrogen (secondary N) is 2. The van der Waals surface area contributed by atoms with Gasteiger partial charge < -0.3 is 24.7 Å². The molecule has 4 N–H and O–H groups in total. The number of aliphatic hydroxyl groups excluding tert-OH is 2. The summed E-state index contributed by atoms with van der Waals surface area (Å²) in [6, 6.07) is 13.4. The molecule has 33 heavy (non-hydrogen) atoms. The number of carbonyl (C=O) groups is 2. The molecule has 0 saturated carbocycles. The van der Waals surface area contributed by atoms with Gasteiger partial charge in [-0.25, -0.2) is 0 Å². The average molecular weight is 444 g/mol. The second kappa shape index (κ2) is 7.91. The number of nitrogens with zero attached hydrogens (tertiary/aromatic N) is 2. The molecule has 3 heterocycles. The van der Waals surface area contributed by atoms with Gasteiger partial charge in [-0.05, 0) is 12.1 Å². The van der Waals surface area contributed by atoms with Crippen molar-refractivity contribution in [3.63, 3.8) is 0 Å². The van der Waals surface area contributed by atoms with Crippen molar-refractivity contribution in [1.82, 2.24) is 14.9 Å². The normalized spacial score (nSPS) is 15.0. The molecule has 0 fully saturated rings. The first kappa shape index (κ1) is 21.0. The smallest absolute Gasteiger partial charge is 0.259 e. The van der Waals surface area contributed by atoms with Crippen LogP contribution in [0.5, 0.6) is 0 Å². The van der Waals surface area contributed by atoms with Crippen LogP contribution in [-0.2, 0) is 16.1 Å². The predicted molar refractivity (Wildman–Crippen MR) is 128 cm³/mol. The SMILES string of the molecule is CN(C)c1cccc2c(C3=C(c4c[nH]c5ccccc45)C(=O)NC3=O)cn(CC(O)CO)c12. The minimum absolute atomic E-state index is 0.142. The lowest BCUT2D eigenvalue weighted by molar-refractivity contribution is -0.122. The Morgan fingerprint density at radius 3 is 2.39 bits per heavy atom. The van der Waals surface area contributed by atoms with E-state index in [4.69, 9.17) is 0 Å². The predicted octanol–water partition coefficient (Wildman–Crippen LogP) is 2.11. The van der Waals surface area contributed by atoms with Crippen LogP contribution >= 0.6 is 0 Å². The molecule has 8 heteroatoms. The molecule has 1 aliphatic heterocycles. The van der Waals surface area contributed by atoms with Crippen molar-refractivity contribution in [2.24, 2.45) is 0 Å². The van der Waals surface area contributed by atoms with Crippen molar-refractivity contribution < 1.29 is 19.8 Å². The number of H-pyrrole nitrogens is 1. The van der Waals surface area contributed by atoms with Crippen LogP contribution in [0.2, 0.25) is 0 Å². The zero-order valence-electron chi connectivity index (χ0n) is 18.3. The van der Waals surface area contributed by atoms with E-state index in [1.165, 1.54) is 0 Å². The Bertz CT molecular complexity index is 1440. The van der Waals surface area contributed by atoms with E-state index >= 15 is 0 Å². The number of benzene rings is 2. The highest BCUT2D eigenvalue weighted by Gasteiger charge is 2.35. The number of aromatic nitrogens is 2. The minimum atomic E-state index is -0.968. The monoisotopic (exact) mass is 444 g/mol. The second-order valence-electron chi connectivity index (χ2n) is 8.38. The Hall–Kier alpha value is -3.88. The number of carbonyl (C=O) groups excluding carboxylic acids is 2. The van der Waals surface area contributed by atoms with E-state index in [0.29, 0.717) is 22.3 Å². The Labute approximate surface area is 189 Å². The maximum Gasteiger partial charge on any atom is 0.259 e. The molecule has 0 spiro atoms. The van der Waals surface area contributed by atoms with E-state index in [0.717, 1.165) is 27.5 Å². The van der Waals surface area contributed by atoms with Crippen molar-refractivity contribution in [3.8, 4) is 0 Å². The zero-order chi connectivity index (χ0) is 23.3. The topological polar surface area (TPSA) is 111 Å². The van der Waals surface area contributed by atoms with E-state index in [1.807, 2.05) is 66.0 Å². The third kappa shape index (κ3) is 3.31. The molecule has 8 nitrogen and oxygen atoms in total. The van der Waals surface area contributed by atoms with E-state index in [-0.39, 0.29) is 13.2 Å². The molecule has 0 saturated heterocycles. The molecule has 4 aromatic rings. The van der Waals surface area contributed by atoms with Gasteiger partial charge in [0.2, 0.25) is 0 Å². The van der Waals surface area contributed by atoms with Crippen LogP contribution in [0, 0.1) is 0 Å². The average Bonchev–Trinajstić information content (AvgIpc) is 3.46. The zero-order valence-corrected chi connectivity index (χ0v) is 18.3. The number of rotatable bonds is 6. The van der Waals surface area contributed by atoms with Gasteiger partial charge in [0.05, 0.1) is 41.6 Å². The fourth-order valence-electron chi connectivity index (χ4n) is 4.58. The van der Waals surface area contributed by atoms with Gasteiger partial charge in [0.25, 0.3) is 11.8 Å². The number of fused-ring (bicyclic) bond motifs is 2. The summed E-state index contributed by atoms with van der Waals surface area (Å²) in [7, 11) is 3.83. The molecule has 2 aromatic heterocycles. The molecular weight excluding hydrogens is 420 g/mol. The number of imide groups is 1. The van der Waals surface area contributed by atoms with Crippen molar-refractivity contribution in [3.05, 3.63) is 66.0 Å². The Kier molecular flexibility index (Phi) is 5.03. The Balaban J connectivity index is 1.82. The van der Waals surface area contributed by atoms with Crippen LogP contribution < -0.4 is 10.2 Å². The number of amides is 2. The molecular formula is C25H24N4O4. The van der Waals surface area contributed by atoms with Gasteiger partial charge in [-0.15, -0.1) is 0 Å². The number of aliphatic hydroxyl groups is 2. The van der Waals surface area contributed by atoms with E-state index in [9.17, 15) is 19.8 Å². The molecule has 1 aliphatic rings. The second-order valence-corrected chi connectivity index (χ2v) is 8.38. The summed E-state index contributed by atoms with van der Waals surface area (Å²) in [6.07, 6.45) is 2.56. The van der Waals surface area contributed by atoms with Crippen LogP contribution in [0.3, 0.4) is 0 Å². The number of anilines is 1. The fourth-order valence-corrected chi connectivity index (χ4v) is 4.58. The third-order valence-corrected chi connectivity index (χ3v) is 6.04. The first-order valence-electron chi connectivity index (χ1n) is 10.7. The van der Waals surface area contributed by atoms with Gasteiger partial charge in [0.15, 0.2) is 0 Å². The number of hydrogen-bond acceptors (Lipinski definition) is 5. The largest absolute Gasteiger partial charge is 0.394 e. The summed E-state index contributed by atoms with van der Waals surface area (Å²) < 4.78 is 1.83. The molecule has 0 aliphatic carbocycles. The van der Waals surface area contributed by atoms with Gasteiger partial charge in [-0.2, -0.15) is 0 Å². The third-order valence-electron chi connectivity index (χ3n) is 6.04. The van der Waals surface area contributed by atoms with Gasteiger partial charge in [0, 0.05) is 53.9 Å². The number of hydrogen-bond donors (Lipinski definition) is 4. The molecule has 5 rings (SSSR count). The lowest BCUT2D eigenvalue weighted by atomic mass is 9.95. The highest BCUT2D eigenvalue weighted by atomic mass is 16.3. The van der Waals surface area contributed by atoms with Crippen LogP contribution in [0.25, 0.3) is 33.0 Å². The van der Waals surface area contributed by atoms with Crippen molar-refractivity contribution in [1.29, 1.82) is 0 Å². The summed E-state index contributed by atoms with van der Waals surface area (Å²) in [5, 5.41) is 23.7. The molecule has 2 aromatic carbocycles. The quantitative estimate of drug-likeness (QED) is 0.341. The molecule has 2 amide bonds. The van der Waals surface area contributed by atoms with Crippen LogP contribution in [0.4, 0.5) is 5.69 Å². The molecule has 168 valence electrons. The maximum absolute atomic E-state index is 13.1. The van der Waals surface area contributed by atoms with Gasteiger partial charge >= 0.3 is 0 Å². The van der Waals surface area contributed by atoms with Gasteiger partial charge in [0.1, 0.15) is 0 Å². The van der Waals surface area contributed by atoms with Crippen molar-refractivity contribution >= 4 is 50.5 Å². The van der Waals surface area contributed by atoms with Crippen LogP contribution in [-0.4, -0.2) is 58.4 Å². The summed E-state index contributed by atoms with van der Waals surface area (Å²) in [5.74, 6) is -0.905. The summed E-state index contributed by atoms with van der Waals surface area (Å²) in [5.41, 5.74) is 4.43. The van der Waals surface area contributed by atoms with Crippen molar-refractivity contribution in [2.75, 3.05) is 25.6 Å². The van der Waals surface area contributed by atoms with Crippen LogP contribution in [0.1, 0.15) is 11.1 Å².